The fourth-order valence-electron chi connectivity index (χ4n) is 2.27. The van der Waals surface area contributed by atoms with Crippen molar-refractivity contribution in [3.63, 3.8) is 0 Å². The van der Waals surface area contributed by atoms with Crippen LogP contribution >= 0.6 is 0 Å². The molecule has 1 aromatic carbocycles. The molecule has 0 bridgehead atoms. The normalized spacial score (nSPS) is 10.9. The minimum absolute atomic E-state index is 0.0443. The van der Waals surface area contributed by atoms with E-state index in [1.807, 2.05) is 25.1 Å². The van der Waals surface area contributed by atoms with E-state index in [-0.39, 0.29) is 5.56 Å². The van der Waals surface area contributed by atoms with Crippen molar-refractivity contribution in [2.45, 2.75) is 6.92 Å². The maximum atomic E-state index is 12.2. The van der Waals surface area contributed by atoms with Crippen molar-refractivity contribution in [1.82, 2.24) is 14.8 Å². The molecule has 88 valence electrons. The second-order valence-corrected chi connectivity index (χ2v) is 4.31. The molecule has 3 aromatic rings. The number of nitrogens with zero attached hydrogens (tertiary/aromatic N) is 2. The standard InChI is InChI=1S/C14H11N3O/c1-4-9-5-6-11-10(7-9)13-12(8(2)15-16-13)14(18)17(11)3/h1,5-7H,2-3H3,(H,15,16). The lowest BCUT2D eigenvalue weighted by Gasteiger charge is -2.06. The van der Waals surface area contributed by atoms with Crippen LogP contribution in [0.5, 0.6) is 0 Å². The van der Waals surface area contributed by atoms with Crippen LogP contribution in [-0.4, -0.2) is 14.8 Å². The average Bonchev–Trinajstić information content (AvgIpc) is 2.77. The number of rotatable bonds is 0. The SMILES string of the molecule is C#Cc1ccc2c(c1)c1n[nH]c(C)c1c(=O)n2C. The monoisotopic (exact) mass is 237 g/mol. The third kappa shape index (κ3) is 1.22. The molecule has 0 unspecified atom stereocenters. The number of nitrogens with one attached hydrogen (secondary N) is 1. The van der Waals surface area contributed by atoms with Gasteiger partial charge >= 0.3 is 0 Å². The van der Waals surface area contributed by atoms with Gasteiger partial charge in [0.25, 0.3) is 5.56 Å². The van der Waals surface area contributed by atoms with Crippen molar-refractivity contribution in [1.29, 1.82) is 0 Å². The van der Waals surface area contributed by atoms with Crippen LogP contribution in [0.2, 0.25) is 0 Å². The zero-order valence-corrected chi connectivity index (χ0v) is 10.1. The Kier molecular flexibility index (Phi) is 2.05. The molecule has 4 heteroatoms. The van der Waals surface area contributed by atoms with Gasteiger partial charge in [-0.3, -0.25) is 9.89 Å². The molecule has 0 amide bonds. The Morgan fingerprint density at radius 2 is 2.22 bits per heavy atom. The Morgan fingerprint density at radius 3 is 2.94 bits per heavy atom. The van der Waals surface area contributed by atoms with Gasteiger partial charge in [-0.2, -0.15) is 5.10 Å². The molecule has 1 N–H and O–H groups in total. The number of aromatic nitrogens is 3. The van der Waals surface area contributed by atoms with E-state index in [4.69, 9.17) is 6.42 Å². The van der Waals surface area contributed by atoms with Gasteiger partial charge in [0.05, 0.1) is 10.9 Å². The first kappa shape index (κ1) is 10.6. The Morgan fingerprint density at radius 1 is 1.44 bits per heavy atom. The zero-order chi connectivity index (χ0) is 12.9. The highest BCUT2D eigenvalue weighted by molar-refractivity contribution is 6.04. The number of hydrogen-bond acceptors (Lipinski definition) is 2. The third-order valence-electron chi connectivity index (χ3n) is 3.25. The third-order valence-corrected chi connectivity index (χ3v) is 3.25. The topological polar surface area (TPSA) is 50.7 Å². The van der Waals surface area contributed by atoms with Crippen LogP contribution in [-0.2, 0) is 7.05 Å². The summed E-state index contributed by atoms with van der Waals surface area (Å²) in [5.74, 6) is 2.60. The number of benzene rings is 1. The average molecular weight is 237 g/mol. The summed E-state index contributed by atoms with van der Waals surface area (Å²) in [7, 11) is 1.76. The minimum atomic E-state index is -0.0443. The Balaban J connectivity index is 2.68. The van der Waals surface area contributed by atoms with Crippen LogP contribution in [0.4, 0.5) is 0 Å². The first-order valence-corrected chi connectivity index (χ1v) is 5.57. The molecule has 2 aromatic heterocycles. The number of fused-ring (bicyclic) bond motifs is 3. The predicted molar refractivity (Wildman–Crippen MR) is 71.5 cm³/mol. The first-order chi connectivity index (χ1) is 8.63. The summed E-state index contributed by atoms with van der Waals surface area (Å²) in [5, 5.41) is 8.60. The van der Waals surface area contributed by atoms with Gasteiger partial charge in [-0.25, -0.2) is 0 Å². The molecule has 0 aliphatic heterocycles. The highest BCUT2D eigenvalue weighted by atomic mass is 16.1. The molecular formula is C14H11N3O. The lowest BCUT2D eigenvalue weighted by Crippen LogP contribution is -2.17. The molecule has 0 aliphatic carbocycles. The van der Waals surface area contributed by atoms with Gasteiger partial charge in [0, 0.05) is 23.7 Å². The molecule has 2 heterocycles. The zero-order valence-electron chi connectivity index (χ0n) is 10.1. The molecule has 0 radical (unpaired) electrons. The fraction of sp³-hybridized carbons (Fsp3) is 0.143. The largest absolute Gasteiger partial charge is 0.311 e. The van der Waals surface area contributed by atoms with Gasteiger partial charge in [-0.05, 0) is 25.1 Å². The number of H-pyrrole nitrogens is 1. The van der Waals surface area contributed by atoms with Crippen molar-refractivity contribution in [3.05, 3.63) is 39.8 Å². The summed E-state index contributed by atoms with van der Waals surface area (Å²) in [5.41, 5.74) is 3.03. The summed E-state index contributed by atoms with van der Waals surface area (Å²) in [6.07, 6.45) is 5.41. The number of aryl methyl sites for hydroxylation is 2. The smallest absolute Gasteiger partial charge is 0.262 e. The number of pyridine rings is 1. The van der Waals surface area contributed by atoms with Gasteiger partial charge in [-0.1, -0.05) is 5.92 Å². The van der Waals surface area contributed by atoms with Gasteiger partial charge in [0.2, 0.25) is 0 Å². The Labute approximate surface area is 103 Å². The van der Waals surface area contributed by atoms with Gasteiger partial charge < -0.3 is 4.57 Å². The van der Waals surface area contributed by atoms with Crippen LogP contribution < -0.4 is 5.56 Å². The van der Waals surface area contributed by atoms with Crippen LogP contribution in [0, 0.1) is 19.3 Å². The molecule has 0 saturated carbocycles. The van der Waals surface area contributed by atoms with Crippen molar-refractivity contribution < 1.29 is 0 Å². The lowest BCUT2D eigenvalue weighted by atomic mass is 10.1. The summed E-state index contributed by atoms with van der Waals surface area (Å²) >= 11 is 0. The molecule has 0 aliphatic rings. The van der Waals surface area contributed by atoms with Crippen molar-refractivity contribution in [3.8, 4) is 12.3 Å². The second kappa shape index (κ2) is 3.47. The second-order valence-electron chi connectivity index (χ2n) is 4.31. The molecule has 0 saturated heterocycles. The molecule has 0 spiro atoms. The highest BCUT2D eigenvalue weighted by Gasteiger charge is 2.13. The van der Waals surface area contributed by atoms with E-state index in [0.29, 0.717) is 10.9 Å². The fourth-order valence-corrected chi connectivity index (χ4v) is 2.27. The van der Waals surface area contributed by atoms with Gasteiger partial charge in [-0.15, -0.1) is 6.42 Å². The molecule has 0 fully saturated rings. The van der Waals surface area contributed by atoms with Gasteiger partial charge in [0.1, 0.15) is 5.52 Å². The molecule has 4 nitrogen and oxygen atoms in total. The van der Waals surface area contributed by atoms with E-state index in [1.165, 1.54) is 0 Å². The maximum Gasteiger partial charge on any atom is 0.262 e. The van der Waals surface area contributed by atoms with Crippen LogP contribution in [0.1, 0.15) is 11.3 Å². The van der Waals surface area contributed by atoms with Crippen LogP contribution in [0.3, 0.4) is 0 Å². The number of terminal acetylenes is 1. The summed E-state index contributed by atoms with van der Waals surface area (Å²) in [6, 6.07) is 5.57. The predicted octanol–water partition coefficient (Wildman–Crippen LogP) is 1.70. The van der Waals surface area contributed by atoms with E-state index in [2.05, 4.69) is 16.1 Å². The highest BCUT2D eigenvalue weighted by Crippen LogP contribution is 2.23. The molecule has 18 heavy (non-hydrogen) atoms. The summed E-state index contributed by atoms with van der Waals surface area (Å²) in [4.78, 5) is 12.2. The Hall–Kier alpha value is -2.54. The first-order valence-electron chi connectivity index (χ1n) is 5.57. The van der Waals surface area contributed by atoms with Gasteiger partial charge in [0.15, 0.2) is 0 Å². The van der Waals surface area contributed by atoms with E-state index in [9.17, 15) is 4.79 Å². The van der Waals surface area contributed by atoms with Crippen molar-refractivity contribution >= 4 is 21.8 Å². The van der Waals surface area contributed by atoms with Crippen LogP contribution in [0.25, 0.3) is 21.8 Å². The van der Waals surface area contributed by atoms with E-state index >= 15 is 0 Å². The Bertz CT molecular complexity index is 878. The van der Waals surface area contributed by atoms with E-state index in [0.717, 1.165) is 22.2 Å². The van der Waals surface area contributed by atoms with Crippen molar-refractivity contribution in [2.24, 2.45) is 7.05 Å². The molecule has 3 rings (SSSR count). The van der Waals surface area contributed by atoms with E-state index in [1.54, 1.807) is 11.6 Å². The molecule has 0 atom stereocenters. The lowest BCUT2D eigenvalue weighted by molar-refractivity contribution is 0.917. The minimum Gasteiger partial charge on any atom is -0.311 e. The summed E-state index contributed by atoms with van der Waals surface area (Å²) in [6.45, 7) is 1.84. The number of aromatic amines is 1. The number of hydrogen-bond donors (Lipinski definition) is 1. The van der Waals surface area contributed by atoms with Crippen LogP contribution in [0.15, 0.2) is 23.0 Å². The van der Waals surface area contributed by atoms with Crippen molar-refractivity contribution in [2.75, 3.05) is 0 Å². The molecular weight excluding hydrogens is 226 g/mol. The quantitative estimate of drug-likeness (QED) is 0.605. The maximum absolute atomic E-state index is 12.2. The van der Waals surface area contributed by atoms with E-state index < -0.39 is 0 Å². The summed E-state index contributed by atoms with van der Waals surface area (Å²) < 4.78 is 1.63.